The average molecular weight is 223 g/mol. The van der Waals surface area contributed by atoms with Gasteiger partial charge in [-0.15, -0.1) is 0 Å². The van der Waals surface area contributed by atoms with Gasteiger partial charge in [0.25, 0.3) is 0 Å². The highest BCUT2D eigenvalue weighted by molar-refractivity contribution is 5.76. The van der Waals surface area contributed by atoms with Crippen molar-refractivity contribution >= 4 is 5.91 Å². The Morgan fingerprint density at radius 1 is 1.56 bits per heavy atom. The third-order valence-electron chi connectivity index (χ3n) is 2.99. The highest BCUT2D eigenvalue weighted by Crippen LogP contribution is 2.15. The number of hydrogen-bond donors (Lipinski definition) is 1. The molecule has 16 heavy (non-hydrogen) atoms. The molecular weight excluding hydrogens is 206 g/mol. The highest BCUT2D eigenvalue weighted by atomic mass is 16.2. The summed E-state index contributed by atoms with van der Waals surface area (Å²) in [6.07, 6.45) is 4.62. The first-order chi connectivity index (χ1) is 7.79. The third-order valence-corrected chi connectivity index (χ3v) is 2.99. The lowest BCUT2D eigenvalue weighted by molar-refractivity contribution is -0.130. The van der Waals surface area contributed by atoms with E-state index in [0.29, 0.717) is 25.4 Å². The minimum Gasteiger partial charge on any atom is -0.342 e. The van der Waals surface area contributed by atoms with Gasteiger partial charge in [-0.1, -0.05) is 0 Å². The first kappa shape index (κ1) is 11.1. The van der Waals surface area contributed by atoms with E-state index in [4.69, 9.17) is 5.73 Å². The Morgan fingerprint density at radius 3 is 3.06 bits per heavy atom. The molecule has 1 amide bonds. The van der Waals surface area contributed by atoms with Crippen LogP contribution in [0.2, 0.25) is 0 Å². The van der Waals surface area contributed by atoms with Gasteiger partial charge < -0.3 is 10.6 Å². The summed E-state index contributed by atoms with van der Waals surface area (Å²) < 4.78 is 1.67. The van der Waals surface area contributed by atoms with Crippen LogP contribution in [0.5, 0.6) is 0 Å². The molecule has 2 rings (SSSR count). The summed E-state index contributed by atoms with van der Waals surface area (Å²) in [5.74, 6) is 0.668. The number of likely N-dealkylation sites (tertiary alicyclic amines) is 1. The van der Waals surface area contributed by atoms with Crippen molar-refractivity contribution in [3.8, 4) is 0 Å². The van der Waals surface area contributed by atoms with Crippen molar-refractivity contribution in [3.63, 3.8) is 0 Å². The predicted octanol–water partition coefficient (Wildman–Crippen LogP) is -0.525. The fraction of sp³-hybridized carbons (Fsp3) is 0.700. The molecule has 0 aliphatic carbocycles. The van der Waals surface area contributed by atoms with Gasteiger partial charge in [-0.25, -0.2) is 4.98 Å². The SMILES string of the molecule is NCC1CCN(C(=O)CCn2cncn2)C1. The van der Waals surface area contributed by atoms with E-state index in [2.05, 4.69) is 10.1 Å². The maximum Gasteiger partial charge on any atom is 0.224 e. The minimum atomic E-state index is 0.187. The Hall–Kier alpha value is -1.43. The van der Waals surface area contributed by atoms with Crippen LogP contribution < -0.4 is 5.73 Å². The Bertz CT molecular complexity index is 337. The van der Waals surface area contributed by atoms with Crippen molar-refractivity contribution < 1.29 is 4.79 Å². The monoisotopic (exact) mass is 223 g/mol. The van der Waals surface area contributed by atoms with E-state index in [0.717, 1.165) is 19.5 Å². The summed E-state index contributed by atoms with van der Waals surface area (Å²) in [7, 11) is 0. The van der Waals surface area contributed by atoms with Crippen LogP contribution in [-0.2, 0) is 11.3 Å². The molecule has 1 aliphatic heterocycles. The molecule has 2 heterocycles. The van der Waals surface area contributed by atoms with Gasteiger partial charge in [0.1, 0.15) is 12.7 Å². The number of hydrogen-bond acceptors (Lipinski definition) is 4. The van der Waals surface area contributed by atoms with Crippen LogP contribution in [0, 0.1) is 5.92 Å². The maximum absolute atomic E-state index is 11.8. The van der Waals surface area contributed by atoms with E-state index in [1.54, 1.807) is 11.0 Å². The van der Waals surface area contributed by atoms with E-state index in [1.165, 1.54) is 6.33 Å². The molecule has 6 heteroatoms. The van der Waals surface area contributed by atoms with Crippen molar-refractivity contribution in [1.82, 2.24) is 19.7 Å². The van der Waals surface area contributed by atoms with Gasteiger partial charge in [0.05, 0.1) is 6.54 Å². The molecule has 0 radical (unpaired) electrons. The van der Waals surface area contributed by atoms with Crippen molar-refractivity contribution in [2.75, 3.05) is 19.6 Å². The Kier molecular flexibility index (Phi) is 3.51. The Morgan fingerprint density at radius 2 is 2.44 bits per heavy atom. The van der Waals surface area contributed by atoms with Gasteiger partial charge in [0.2, 0.25) is 5.91 Å². The summed E-state index contributed by atoms with van der Waals surface area (Å²) in [6, 6.07) is 0. The van der Waals surface area contributed by atoms with Gasteiger partial charge in [0, 0.05) is 19.5 Å². The van der Waals surface area contributed by atoms with Crippen molar-refractivity contribution in [2.24, 2.45) is 11.7 Å². The molecule has 1 aromatic heterocycles. The standard InChI is InChI=1S/C10H17N5O/c11-5-9-1-3-14(6-9)10(16)2-4-15-8-12-7-13-15/h7-9H,1-6,11H2. The molecule has 0 aromatic carbocycles. The summed E-state index contributed by atoms with van der Waals surface area (Å²) in [5, 5.41) is 3.96. The van der Waals surface area contributed by atoms with Crippen molar-refractivity contribution in [2.45, 2.75) is 19.4 Å². The van der Waals surface area contributed by atoms with Gasteiger partial charge in [-0.2, -0.15) is 5.10 Å². The second-order valence-corrected chi connectivity index (χ2v) is 4.14. The van der Waals surface area contributed by atoms with Crippen LogP contribution in [0.25, 0.3) is 0 Å². The quantitative estimate of drug-likeness (QED) is 0.744. The zero-order valence-electron chi connectivity index (χ0n) is 9.25. The van der Waals surface area contributed by atoms with Gasteiger partial charge in [-0.05, 0) is 18.9 Å². The average Bonchev–Trinajstić information content (AvgIpc) is 2.96. The molecule has 1 aromatic rings. The summed E-state index contributed by atoms with van der Waals surface area (Å²) in [4.78, 5) is 17.6. The fourth-order valence-electron chi connectivity index (χ4n) is 1.97. The number of carbonyl (C=O) groups is 1. The molecule has 1 saturated heterocycles. The minimum absolute atomic E-state index is 0.187. The number of amides is 1. The fourth-order valence-corrected chi connectivity index (χ4v) is 1.97. The molecule has 0 spiro atoms. The summed E-state index contributed by atoms with van der Waals surface area (Å²) in [5.41, 5.74) is 5.59. The normalized spacial score (nSPS) is 20.3. The number of aromatic nitrogens is 3. The highest BCUT2D eigenvalue weighted by Gasteiger charge is 2.24. The molecule has 0 saturated carbocycles. The molecule has 1 atom stereocenters. The second kappa shape index (κ2) is 5.07. The maximum atomic E-state index is 11.8. The zero-order valence-corrected chi connectivity index (χ0v) is 9.25. The number of nitrogens with zero attached hydrogens (tertiary/aromatic N) is 4. The number of rotatable bonds is 4. The lowest BCUT2D eigenvalue weighted by Crippen LogP contribution is -2.30. The molecule has 6 nitrogen and oxygen atoms in total. The van der Waals surface area contributed by atoms with Crippen LogP contribution in [-0.4, -0.2) is 45.2 Å². The van der Waals surface area contributed by atoms with Gasteiger partial charge in [-0.3, -0.25) is 9.48 Å². The van der Waals surface area contributed by atoms with Crippen molar-refractivity contribution in [1.29, 1.82) is 0 Å². The predicted molar refractivity (Wildman–Crippen MR) is 58.4 cm³/mol. The first-order valence-corrected chi connectivity index (χ1v) is 5.60. The van der Waals surface area contributed by atoms with Crippen LogP contribution in [0.3, 0.4) is 0 Å². The molecular formula is C10H17N5O. The Balaban J connectivity index is 1.76. The summed E-state index contributed by atoms with van der Waals surface area (Å²) >= 11 is 0. The molecule has 2 N–H and O–H groups in total. The number of carbonyl (C=O) groups excluding carboxylic acids is 1. The van der Waals surface area contributed by atoms with E-state index >= 15 is 0 Å². The van der Waals surface area contributed by atoms with Gasteiger partial charge >= 0.3 is 0 Å². The second-order valence-electron chi connectivity index (χ2n) is 4.14. The van der Waals surface area contributed by atoms with Crippen LogP contribution in [0.1, 0.15) is 12.8 Å². The van der Waals surface area contributed by atoms with Crippen LogP contribution in [0.4, 0.5) is 0 Å². The Labute approximate surface area is 94.4 Å². The summed E-state index contributed by atoms with van der Waals surface area (Å²) in [6.45, 7) is 2.93. The van der Waals surface area contributed by atoms with E-state index in [1.807, 2.05) is 4.90 Å². The lowest BCUT2D eigenvalue weighted by Gasteiger charge is -2.15. The number of nitrogens with two attached hydrogens (primary N) is 1. The molecule has 88 valence electrons. The van der Waals surface area contributed by atoms with E-state index < -0.39 is 0 Å². The largest absolute Gasteiger partial charge is 0.342 e. The zero-order chi connectivity index (χ0) is 11.4. The lowest BCUT2D eigenvalue weighted by atomic mass is 10.1. The van der Waals surface area contributed by atoms with Crippen LogP contribution >= 0.6 is 0 Å². The molecule has 0 bridgehead atoms. The smallest absolute Gasteiger partial charge is 0.224 e. The first-order valence-electron chi connectivity index (χ1n) is 5.60. The topological polar surface area (TPSA) is 77.0 Å². The van der Waals surface area contributed by atoms with E-state index in [9.17, 15) is 4.79 Å². The third kappa shape index (κ3) is 2.57. The molecule has 1 fully saturated rings. The van der Waals surface area contributed by atoms with Crippen molar-refractivity contribution in [3.05, 3.63) is 12.7 Å². The van der Waals surface area contributed by atoms with E-state index in [-0.39, 0.29) is 5.91 Å². The molecule has 1 aliphatic rings. The molecule has 1 unspecified atom stereocenters. The number of aryl methyl sites for hydroxylation is 1. The van der Waals surface area contributed by atoms with Crippen LogP contribution in [0.15, 0.2) is 12.7 Å². The van der Waals surface area contributed by atoms with Gasteiger partial charge in [0.15, 0.2) is 0 Å².